The van der Waals surface area contributed by atoms with E-state index >= 15 is 0 Å². The topological polar surface area (TPSA) is 99.9 Å². The number of esters is 1. The summed E-state index contributed by atoms with van der Waals surface area (Å²) in [6, 6.07) is 8.35. The highest BCUT2D eigenvalue weighted by Gasteiger charge is 2.29. The molecular formula is C26H32ClF4N5O3. The Hall–Kier alpha value is -2.93. The molecule has 8 nitrogen and oxygen atoms in total. The Labute approximate surface area is 229 Å². The Morgan fingerprint density at radius 2 is 1.85 bits per heavy atom. The number of hydrogen-bond donors (Lipinski definition) is 3. The average Bonchev–Trinajstić information content (AvgIpc) is 2.90. The molecule has 1 atom stereocenters. The number of nitrogens with zero attached hydrogens (tertiary/aromatic N) is 2. The van der Waals surface area contributed by atoms with Crippen LogP contribution in [0.1, 0.15) is 28.8 Å². The summed E-state index contributed by atoms with van der Waals surface area (Å²) in [5.41, 5.74) is 6.87. The van der Waals surface area contributed by atoms with Crippen LogP contribution in [0.2, 0.25) is 5.02 Å². The lowest BCUT2D eigenvalue weighted by atomic mass is 10.1. The summed E-state index contributed by atoms with van der Waals surface area (Å²) in [5, 5.41) is 6.12. The molecule has 2 aromatic carbocycles. The summed E-state index contributed by atoms with van der Waals surface area (Å²) in [4.78, 5) is 28.5. The molecule has 0 bridgehead atoms. The van der Waals surface area contributed by atoms with Gasteiger partial charge in [0.2, 0.25) is 0 Å². The molecule has 1 aliphatic rings. The number of anilines is 2. The number of piperazine rings is 1. The van der Waals surface area contributed by atoms with Crippen molar-refractivity contribution >= 4 is 34.9 Å². The lowest BCUT2D eigenvalue weighted by Crippen LogP contribution is -2.47. The highest BCUT2D eigenvalue weighted by molar-refractivity contribution is 6.31. The van der Waals surface area contributed by atoms with Crippen molar-refractivity contribution in [2.24, 2.45) is 5.73 Å². The molecule has 0 unspecified atom stereocenters. The quantitative estimate of drug-likeness (QED) is 0.278. The van der Waals surface area contributed by atoms with E-state index in [1.807, 2.05) is 4.90 Å². The molecule has 1 fully saturated rings. The van der Waals surface area contributed by atoms with E-state index in [1.165, 1.54) is 19.2 Å². The second-order valence-corrected chi connectivity index (χ2v) is 9.59. The largest absolute Gasteiger partial charge is 0.468 e. The van der Waals surface area contributed by atoms with Crippen LogP contribution in [-0.2, 0) is 16.1 Å². The Morgan fingerprint density at radius 1 is 1.13 bits per heavy atom. The van der Waals surface area contributed by atoms with Crippen LogP contribution in [0.3, 0.4) is 0 Å². The van der Waals surface area contributed by atoms with Crippen molar-refractivity contribution in [3.05, 3.63) is 58.4 Å². The Morgan fingerprint density at radius 3 is 2.46 bits per heavy atom. The molecule has 4 N–H and O–H groups in total. The number of halogens is 5. The van der Waals surface area contributed by atoms with E-state index in [9.17, 15) is 27.2 Å². The number of ether oxygens (including phenoxy) is 1. The zero-order chi connectivity index (χ0) is 28.6. The summed E-state index contributed by atoms with van der Waals surface area (Å²) in [6.07, 6.45) is -4.73. The molecule has 1 amide bonds. The van der Waals surface area contributed by atoms with Crippen molar-refractivity contribution in [3.63, 3.8) is 0 Å². The van der Waals surface area contributed by atoms with Crippen molar-refractivity contribution in [2.45, 2.75) is 31.6 Å². The SMILES string of the molecule is COC(=O)[C@@H](CCN)NCc1ccc(C(=O)Nc2ccc(Cl)cc2N2CCN(CCC(F)(F)F)CC2)c(F)c1. The Bertz CT molecular complexity index is 1140. The number of carbonyl (C=O) groups is 2. The predicted octanol–water partition coefficient (Wildman–Crippen LogP) is 3.79. The molecule has 0 spiro atoms. The van der Waals surface area contributed by atoms with Gasteiger partial charge in [0.1, 0.15) is 11.9 Å². The van der Waals surface area contributed by atoms with Crippen molar-refractivity contribution in [2.75, 3.05) is 56.6 Å². The third-order valence-corrected chi connectivity index (χ3v) is 6.64. The maximum atomic E-state index is 14.9. The van der Waals surface area contributed by atoms with Gasteiger partial charge >= 0.3 is 12.1 Å². The van der Waals surface area contributed by atoms with Crippen LogP contribution in [0.25, 0.3) is 0 Å². The van der Waals surface area contributed by atoms with E-state index < -0.39 is 36.3 Å². The van der Waals surface area contributed by atoms with Crippen LogP contribution >= 0.6 is 11.6 Å². The third-order valence-electron chi connectivity index (χ3n) is 6.40. The molecule has 0 aliphatic carbocycles. The molecule has 2 aromatic rings. The molecule has 0 aromatic heterocycles. The summed E-state index contributed by atoms with van der Waals surface area (Å²) in [5.74, 6) is -1.89. The molecule has 0 saturated carbocycles. The minimum atomic E-state index is -4.21. The number of methoxy groups -OCH3 is 1. The van der Waals surface area contributed by atoms with Gasteiger partial charge in [-0.15, -0.1) is 0 Å². The molecule has 214 valence electrons. The van der Waals surface area contributed by atoms with E-state index in [0.717, 1.165) is 0 Å². The van der Waals surface area contributed by atoms with E-state index in [4.69, 9.17) is 22.1 Å². The minimum absolute atomic E-state index is 0.0718. The standard InChI is InChI=1S/C26H32ClF4N5O3/c1-39-25(38)22(6-8-32)33-16-17-2-4-19(20(28)14-17)24(37)34-21-5-3-18(27)15-23(21)36-12-10-35(11-13-36)9-7-26(29,30)31/h2-5,14-15,22,33H,6-13,16,32H2,1H3,(H,34,37)/t22-/m1/s1. The van der Waals surface area contributed by atoms with Gasteiger partial charge in [0.15, 0.2) is 0 Å². The van der Waals surface area contributed by atoms with Crippen LogP contribution in [-0.4, -0.2) is 75.4 Å². The van der Waals surface area contributed by atoms with Crippen molar-refractivity contribution < 1.29 is 31.9 Å². The predicted molar refractivity (Wildman–Crippen MR) is 141 cm³/mol. The molecule has 0 radical (unpaired) electrons. The number of hydrogen-bond acceptors (Lipinski definition) is 7. The normalized spacial score (nSPS) is 15.2. The fraction of sp³-hybridized carbons (Fsp3) is 0.462. The first-order chi connectivity index (χ1) is 18.5. The smallest absolute Gasteiger partial charge is 0.390 e. The van der Waals surface area contributed by atoms with Crippen LogP contribution < -0.4 is 21.3 Å². The fourth-order valence-electron chi connectivity index (χ4n) is 4.26. The van der Waals surface area contributed by atoms with Gasteiger partial charge in [-0.05, 0) is 48.9 Å². The van der Waals surface area contributed by atoms with Gasteiger partial charge in [-0.1, -0.05) is 17.7 Å². The fourth-order valence-corrected chi connectivity index (χ4v) is 4.43. The van der Waals surface area contributed by atoms with Crippen LogP contribution in [0, 0.1) is 5.82 Å². The second kappa shape index (κ2) is 13.9. The number of nitrogens with two attached hydrogens (primary N) is 1. The van der Waals surface area contributed by atoms with Gasteiger partial charge in [0.05, 0.1) is 30.5 Å². The monoisotopic (exact) mass is 573 g/mol. The summed E-state index contributed by atoms with van der Waals surface area (Å²) < 4.78 is 57.3. The molecule has 1 saturated heterocycles. The van der Waals surface area contributed by atoms with Crippen molar-refractivity contribution in [3.8, 4) is 0 Å². The molecular weight excluding hydrogens is 542 g/mol. The highest BCUT2D eigenvalue weighted by atomic mass is 35.5. The molecule has 3 rings (SSSR count). The van der Waals surface area contributed by atoms with Crippen LogP contribution in [0.15, 0.2) is 36.4 Å². The molecule has 13 heteroatoms. The molecule has 1 heterocycles. The van der Waals surface area contributed by atoms with E-state index in [0.29, 0.717) is 54.6 Å². The lowest BCUT2D eigenvalue weighted by Gasteiger charge is -2.37. The van der Waals surface area contributed by atoms with E-state index in [1.54, 1.807) is 29.2 Å². The number of benzene rings is 2. The number of rotatable bonds is 11. The second-order valence-electron chi connectivity index (χ2n) is 9.16. The van der Waals surface area contributed by atoms with Crippen LogP contribution in [0.5, 0.6) is 0 Å². The third kappa shape index (κ3) is 9.06. The highest BCUT2D eigenvalue weighted by Crippen LogP contribution is 2.31. The summed E-state index contributed by atoms with van der Waals surface area (Å²) in [6.45, 7) is 2.07. The van der Waals surface area contributed by atoms with Gasteiger partial charge in [-0.25, -0.2) is 4.39 Å². The van der Waals surface area contributed by atoms with Gasteiger partial charge < -0.3 is 26.0 Å². The Balaban J connectivity index is 1.65. The number of alkyl halides is 3. The van der Waals surface area contributed by atoms with E-state index in [-0.39, 0.29) is 25.2 Å². The summed E-state index contributed by atoms with van der Waals surface area (Å²) >= 11 is 6.18. The first-order valence-electron chi connectivity index (χ1n) is 12.5. The number of carbonyl (C=O) groups excluding carboxylic acids is 2. The minimum Gasteiger partial charge on any atom is -0.468 e. The maximum Gasteiger partial charge on any atom is 0.390 e. The van der Waals surface area contributed by atoms with Gasteiger partial charge in [-0.3, -0.25) is 14.5 Å². The zero-order valence-electron chi connectivity index (χ0n) is 21.5. The van der Waals surface area contributed by atoms with Crippen LogP contribution in [0.4, 0.5) is 28.9 Å². The maximum absolute atomic E-state index is 14.9. The van der Waals surface area contributed by atoms with Crippen molar-refractivity contribution in [1.82, 2.24) is 10.2 Å². The number of nitrogens with one attached hydrogen (secondary N) is 2. The van der Waals surface area contributed by atoms with E-state index in [2.05, 4.69) is 10.6 Å². The summed E-state index contributed by atoms with van der Waals surface area (Å²) in [7, 11) is 1.27. The first-order valence-corrected chi connectivity index (χ1v) is 12.8. The lowest BCUT2D eigenvalue weighted by molar-refractivity contribution is -0.143. The first kappa shape index (κ1) is 30.6. The van der Waals surface area contributed by atoms with Gasteiger partial charge in [0.25, 0.3) is 5.91 Å². The van der Waals surface area contributed by atoms with Gasteiger partial charge in [0, 0.05) is 44.3 Å². The average molecular weight is 574 g/mol. The molecule has 39 heavy (non-hydrogen) atoms. The number of amides is 1. The zero-order valence-corrected chi connectivity index (χ0v) is 22.2. The Kier molecular flexibility index (Phi) is 10.9. The van der Waals surface area contributed by atoms with Gasteiger partial charge in [-0.2, -0.15) is 13.2 Å². The van der Waals surface area contributed by atoms with Crippen molar-refractivity contribution in [1.29, 1.82) is 0 Å². The molecule has 1 aliphatic heterocycles.